The molecule has 0 saturated carbocycles. The summed E-state index contributed by atoms with van der Waals surface area (Å²) in [5.74, 6) is 3.78. The third-order valence-electron chi connectivity index (χ3n) is 6.16. The molecule has 0 aliphatic carbocycles. The second kappa shape index (κ2) is 14.2. The third kappa shape index (κ3) is 7.85. The van der Waals surface area contributed by atoms with Gasteiger partial charge in [-0.1, -0.05) is 17.7 Å². The second-order valence-electron chi connectivity index (χ2n) is 9.03. The zero-order valence-corrected chi connectivity index (χ0v) is 23.9. The normalized spacial score (nSPS) is 16.1. The van der Waals surface area contributed by atoms with Gasteiger partial charge >= 0.3 is 5.97 Å². The number of hydrogen-bond acceptors (Lipinski definition) is 8. The highest BCUT2D eigenvalue weighted by Crippen LogP contribution is 2.52. The van der Waals surface area contributed by atoms with Crippen LogP contribution in [0.4, 0.5) is 0 Å². The van der Waals surface area contributed by atoms with Crippen LogP contribution >= 0.6 is 24.0 Å². The van der Waals surface area contributed by atoms with Gasteiger partial charge in [-0.25, -0.2) is 4.79 Å². The van der Waals surface area contributed by atoms with Gasteiger partial charge in [-0.3, -0.25) is 0 Å². The molecule has 0 radical (unpaired) electrons. The topological polar surface area (TPSA) is 75.7 Å². The Balaban J connectivity index is 0.000000216. The second-order valence-corrected chi connectivity index (χ2v) is 9.47. The van der Waals surface area contributed by atoms with Crippen molar-refractivity contribution >= 4 is 30.0 Å². The van der Waals surface area contributed by atoms with Gasteiger partial charge in [0, 0.05) is 34.8 Å². The van der Waals surface area contributed by atoms with Crippen LogP contribution in [0.3, 0.4) is 0 Å². The summed E-state index contributed by atoms with van der Waals surface area (Å²) in [7, 11) is 7.14. The molecular formula is C29H33Cl2NO7. The number of benzene rings is 3. The molecule has 0 aromatic heterocycles. The van der Waals surface area contributed by atoms with Gasteiger partial charge in [-0.2, -0.15) is 0 Å². The summed E-state index contributed by atoms with van der Waals surface area (Å²) in [5.41, 5.74) is 2.25. The van der Waals surface area contributed by atoms with Gasteiger partial charge in [0.2, 0.25) is 0 Å². The highest BCUT2D eigenvalue weighted by molar-refractivity contribution is 6.30. The number of carbonyl (C=O) groups is 1. The minimum Gasteiger partial charge on any atom is -0.497 e. The standard InChI is InChI=1S/C17H16O4.C12H16ClNO3.ClH/c1-18-10-4-6-13-15(7-10)20-9-14-12-5-3-11(19-2)8-16(12)21-17(13)14;1-14(2)7-8-16-12(15)9-17-11-5-3-10(13)4-6-11;/h3-8,14,17H,9H2,1-2H3;3-6H,7-9H2,1-2H3;1H. The molecule has 2 atom stereocenters. The Morgan fingerprint density at radius 2 is 1.54 bits per heavy atom. The van der Waals surface area contributed by atoms with Crippen molar-refractivity contribution in [2.24, 2.45) is 0 Å². The summed E-state index contributed by atoms with van der Waals surface area (Å²) in [6.45, 7) is 1.60. The fourth-order valence-corrected chi connectivity index (χ4v) is 4.25. The maximum atomic E-state index is 11.3. The van der Waals surface area contributed by atoms with Crippen molar-refractivity contribution in [3.8, 4) is 28.7 Å². The molecule has 0 spiro atoms. The Morgan fingerprint density at radius 1 is 0.923 bits per heavy atom. The number of nitrogens with zero attached hydrogens (tertiary/aromatic N) is 1. The van der Waals surface area contributed by atoms with Crippen molar-refractivity contribution in [3.05, 3.63) is 76.8 Å². The van der Waals surface area contributed by atoms with Crippen LogP contribution in [0.15, 0.2) is 60.7 Å². The number of likely N-dealkylation sites (N-methyl/N-ethyl adjacent to an activating group) is 1. The van der Waals surface area contributed by atoms with Gasteiger partial charge in [-0.05, 0) is 56.6 Å². The molecule has 8 nitrogen and oxygen atoms in total. The van der Waals surface area contributed by atoms with Gasteiger partial charge in [0.05, 0.1) is 26.7 Å². The first-order valence-corrected chi connectivity index (χ1v) is 12.6. The van der Waals surface area contributed by atoms with Gasteiger partial charge in [0.15, 0.2) is 6.61 Å². The molecule has 0 saturated heterocycles. The number of esters is 1. The van der Waals surface area contributed by atoms with Crippen molar-refractivity contribution < 1.29 is 33.2 Å². The molecule has 0 N–H and O–H groups in total. The number of methoxy groups -OCH3 is 2. The van der Waals surface area contributed by atoms with E-state index in [-0.39, 0.29) is 37.0 Å². The Hall–Kier alpha value is -3.33. The van der Waals surface area contributed by atoms with Crippen molar-refractivity contribution in [1.29, 1.82) is 0 Å². The van der Waals surface area contributed by atoms with Gasteiger partial charge in [0.25, 0.3) is 0 Å². The van der Waals surface area contributed by atoms with E-state index >= 15 is 0 Å². The quantitative estimate of drug-likeness (QED) is 0.322. The molecule has 3 aromatic rings. The average molecular weight is 578 g/mol. The lowest BCUT2D eigenvalue weighted by molar-refractivity contribution is -0.146. The molecule has 0 amide bonds. The zero-order chi connectivity index (χ0) is 27.1. The van der Waals surface area contributed by atoms with Gasteiger partial charge in [0.1, 0.15) is 41.5 Å². The molecule has 2 aliphatic rings. The maximum Gasteiger partial charge on any atom is 0.344 e. The van der Waals surface area contributed by atoms with Crippen LogP contribution in [0.25, 0.3) is 0 Å². The molecule has 0 fully saturated rings. The smallest absolute Gasteiger partial charge is 0.344 e. The van der Waals surface area contributed by atoms with Crippen LogP contribution in [-0.4, -0.2) is 65.5 Å². The third-order valence-corrected chi connectivity index (χ3v) is 6.41. The minimum absolute atomic E-state index is 0. The van der Waals surface area contributed by atoms with E-state index in [1.54, 1.807) is 38.5 Å². The summed E-state index contributed by atoms with van der Waals surface area (Å²) in [6, 6.07) is 18.7. The van der Waals surface area contributed by atoms with E-state index in [2.05, 4.69) is 6.07 Å². The van der Waals surface area contributed by atoms with Crippen LogP contribution in [0.5, 0.6) is 28.7 Å². The number of hydrogen-bond donors (Lipinski definition) is 0. The predicted molar refractivity (Wildman–Crippen MR) is 151 cm³/mol. The molecule has 0 bridgehead atoms. The van der Waals surface area contributed by atoms with Crippen molar-refractivity contribution in [3.63, 3.8) is 0 Å². The van der Waals surface area contributed by atoms with Crippen LogP contribution in [0.1, 0.15) is 23.1 Å². The van der Waals surface area contributed by atoms with E-state index in [1.807, 2.05) is 49.3 Å². The lowest BCUT2D eigenvalue weighted by Gasteiger charge is -2.28. The fourth-order valence-electron chi connectivity index (χ4n) is 4.13. The first-order valence-electron chi connectivity index (χ1n) is 12.2. The molecule has 2 aliphatic heterocycles. The van der Waals surface area contributed by atoms with Crippen LogP contribution in [0.2, 0.25) is 5.02 Å². The lowest BCUT2D eigenvalue weighted by atomic mass is 9.89. The van der Waals surface area contributed by atoms with Crippen molar-refractivity contribution in [2.45, 2.75) is 12.0 Å². The highest BCUT2D eigenvalue weighted by atomic mass is 35.5. The largest absolute Gasteiger partial charge is 0.497 e. The first-order chi connectivity index (χ1) is 18.4. The summed E-state index contributed by atoms with van der Waals surface area (Å²) in [4.78, 5) is 13.2. The van der Waals surface area contributed by atoms with E-state index in [0.717, 1.165) is 28.6 Å². The SMILES string of the molecule is CN(C)CCOC(=O)COc1ccc(Cl)cc1.COc1ccc2c(c1)OC1c3ccc(OC)cc3OCC21.Cl. The summed E-state index contributed by atoms with van der Waals surface area (Å²) in [6.07, 6.45) is 0.00163. The van der Waals surface area contributed by atoms with E-state index in [0.29, 0.717) is 30.5 Å². The molecule has 2 heterocycles. The first kappa shape index (κ1) is 30.2. The number of rotatable bonds is 8. The summed E-state index contributed by atoms with van der Waals surface area (Å²) >= 11 is 5.72. The molecule has 5 rings (SSSR count). The monoisotopic (exact) mass is 577 g/mol. The minimum atomic E-state index is -0.373. The van der Waals surface area contributed by atoms with Crippen molar-refractivity contribution in [1.82, 2.24) is 4.90 Å². The van der Waals surface area contributed by atoms with E-state index < -0.39 is 0 Å². The molecule has 210 valence electrons. The summed E-state index contributed by atoms with van der Waals surface area (Å²) in [5, 5.41) is 0.630. The van der Waals surface area contributed by atoms with E-state index in [4.69, 9.17) is 40.0 Å². The van der Waals surface area contributed by atoms with Gasteiger partial charge < -0.3 is 33.3 Å². The molecule has 10 heteroatoms. The number of fused-ring (bicyclic) bond motifs is 5. The molecule has 2 unspecified atom stereocenters. The zero-order valence-electron chi connectivity index (χ0n) is 22.3. The number of ether oxygens (including phenoxy) is 6. The Bertz CT molecular complexity index is 1240. The van der Waals surface area contributed by atoms with E-state index in [9.17, 15) is 4.79 Å². The number of carbonyl (C=O) groups excluding carboxylic acids is 1. The lowest BCUT2D eigenvalue weighted by Crippen LogP contribution is -2.23. The maximum absolute atomic E-state index is 11.3. The van der Waals surface area contributed by atoms with Gasteiger partial charge in [-0.15, -0.1) is 12.4 Å². The molecule has 39 heavy (non-hydrogen) atoms. The van der Waals surface area contributed by atoms with Crippen molar-refractivity contribution in [2.75, 3.05) is 54.7 Å². The summed E-state index contributed by atoms with van der Waals surface area (Å²) < 4.78 is 32.8. The Morgan fingerprint density at radius 3 is 2.18 bits per heavy atom. The fraction of sp³-hybridized carbons (Fsp3) is 0.345. The van der Waals surface area contributed by atoms with Crippen LogP contribution < -0.4 is 23.7 Å². The van der Waals surface area contributed by atoms with E-state index in [1.165, 1.54) is 5.56 Å². The highest BCUT2D eigenvalue weighted by Gasteiger charge is 2.40. The number of halogens is 2. The molecule has 3 aromatic carbocycles. The Kier molecular flexibility index (Phi) is 11.0. The van der Waals surface area contributed by atoms with Crippen LogP contribution in [0, 0.1) is 0 Å². The predicted octanol–water partition coefficient (Wildman–Crippen LogP) is 5.56. The molecular weight excluding hydrogens is 545 g/mol. The average Bonchev–Trinajstić information content (AvgIpc) is 3.30. The van der Waals surface area contributed by atoms with Crippen LogP contribution in [-0.2, 0) is 9.53 Å². The Labute approximate surface area is 240 Å².